The average Bonchev–Trinajstić information content (AvgIpc) is 3.66. The molecule has 0 saturated carbocycles. The first-order valence-electron chi connectivity index (χ1n) is 16.8. The van der Waals surface area contributed by atoms with Crippen LogP contribution in [0, 0.1) is 17.3 Å². The number of ether oxygens (including phenoxy) is 3. The number of unbranched alkanes of at least 4 members (excludes halogenated alkanes) is 5. The Morgan fingerprint density at radius 3 is 2.00 bits per heavy atom. The van der Waals surface area contributed by atoms with Gasteiger partial charge in [0.2, 0.25) is 5.69 Å². The summed E-state index contributed by atoms with van der Waals surface area (Å²) in [7, 11) is 0. The number of esters is 3. The molecule has 0 bridgehead atoms. The first-order chi connectivity index (χ1) is 21.8. The molecule has 2 aromatic heterocycles. The fourth-order valence-corrected chi connectivity index (χ4v) is 5.17. The van der Waals surface area contributed by atoms with E-state index < -0.39 is 17.9 Å². The Kier molecular flexibility index (Phi) is 16.7. The minimum absolute atomic E-state index is 0.0193. The summed E-state index contributed by atoms with van der Waals surface area (Å²) in [6, 6.07) is 0.0425. The van der Waals surface area contributed by atoms with Crippen molar-refractivity contribution in [1.29, 1.82) is 0 Å². The van der Waals surface area contributed by atoms with Crippen LogP contribution in [0.2, 0.25) is 0 Å². The number of rotatable bonds is 21. The van der Waals surface area contributed by atoms with Crippen molar-refractivity contribution in [1.82, 2.24) is 30.0 Å². The number of carbonyl (C=O) groups is 3. The van der Waals surface area contributed by atoms with Gasteiger partial charge in [-0.1, -0.05) is 78.2 Å². The maximum atomic E-state index is 12.8. The van der Waals surface area contributed by atoms with Gasteiger partial charge in [-0.05, 0) is 62.7 Å². The predicted octanol–water partition coefficient (Wildman–Crippen LogP) is 7.08. The molecule has 0 N–H and O–H groups in total. The molecule has 12 nitrogen and oxygen atoms in total. The number of aromatic nitrogens is 6. The second-order valence-corrected chi connectivity index (χ2v) is 13.9. The number of aryl methyl sites for hydroxylation is 1. The minimum Gasteiger partial charge on any atom is -0.461 e. The van der Waals surface area contributed by atoms with Crippen LogP contribution in [0.25, 0.3) is 0 Å². The van der Waals surface area contributed by atoms with Crippen LogP contribution >= 0.6 is 11.6 Å². The van der Waals surface area contributed by atoms with E-state index in [-0.39, 0.29) is 53.7 Å². The Balaban J connectivity index is 1.87. The van der Waals surface area contributed by atoms with E-state index in [2.05, 4.69) is 55.2 Å². The highest BCUT2D eigenvalue weighted by Crippen LogP contribution is 2.38. The molecule has 0 spiro atoms. The molecule has 0 aromatic carbocycles. The summed E-state index contributed by atoms with van der Waals surface area (Å²) in [5, 5.41) is 16.4. The molecule has 0 fully saturated rings. The van der Waals surface area contributed by atoms with Crippen molar-refractivity contribution in [2.24, 2.45) is 17.3 Å². The summed E-state index contributed by atoms with van der Waals surface area (Å²) in [4.78, 5) is 38.1. The van der Waals surface area contributed by atoms with Gasteiger partial charge in [0.25, 0.3) is 0 Å². The fraction of sp³-hybridized carbons (Fsp3) is 0.788. The lowest BCUT2D eigenvalue weighted by Gasteiger charge is -2.34. The maximum Gasteiger partial charge on any atom is 0.361 e. The summed E-state index contributed by atoms with van der Waals surface area (Å²) < 4.78 is 19.3. The van der Waals surface area contributed by atoms with Gasteiger partial charge in [-0.3, -0.25) is 0 Å². The molecule has 4 atom stereocenters. The van der Waals surface area contributed by atoms with Crippen LogP contribution in [0.4, 0.5) is 0 Å². The highest BCUT2D eigenvalue weighted by Gasteiger charge is 2.32. The van der Waals surface area contributed by atoms with Gasteiger partial charge in [-0.2, -0.15) is 0 Å². The van der Waals surface area contributed by atoms with Gasteiger partial charge in [0.15, 0.2) is 11.4 Å². The van der Waals surface area contributed by atoms with E-state index in [0.717, 1.165) is 44.9 Å². The molecule has 13 heteroatoms. The molecule has 4 unspecified atom stereocenters. The fourth-order valence-electron chi connectivity index (χ4n) is 4.92. The van der Waals surface area contributed by atoms with E-state index in [1.165, 1.54) is 4.68 Å². The summed E-state index contributed by atoms with van der Waals surface area (Å²) in [6.07, 6.45) is 8.64. The number of hydrogen-bond donors (Lipinski definition) is 0. The summed E-state index contributed by atoms with van der Waals surface area (Å²) in [6.45, 7) is 18.0. The molecule has 0 aliphatic carbocycles. The van der Waals surface area contributed by atoms with Crippen LogP contribution in [-0.2, 0) is 20.8 Å². The lowest BCUT2D eigenvalue weighted by Crippen LogP contribution is -2.29. The summed E-state index contributed by atoms with van der Waals surface area (Å²) >= 11 is 6.36. The van der Waals surface area contributed by atoms with E-state index in [9.17, 15) is 14.4 Å². The van der Waals surface area contributed by atoms with Crippen molar-refractivity contribution in [3.8, 4) is 0 Å². The molecule has 0 aliphatic heterocycles. The third kappa shape index (κ3) is 12.3. The average molecular weight is 667 g/mol. The second-order valence-electron chi connectivity index (χ2n) is 13.3. The largest absolute Gasteiger partial charge is 0.461 e. The number of carbonyl (C=O) groups excluding carboxylic acids is 3. The van der Waals surface area contributed by atoms with Gasteiger partial charge in [0.1, 0.15) is 0 Å². The molecule has 0 aliphatic rings. The van der Waals surface area contributed by atoms with E-state index >= 15 is 0 Å². The van der Waals surface area contributed by atoms with Gasteiger partial charge < -0.3 is 14.2 Å². The van der Waals surface area contributed by atoms with Gasteiger partial charge in [-0.15, -0.1) is 21.8 Å². The van der Waals surface area contributed by atoms with Crippen LogP contribution in [-0.4, -0.2) is 73.1 Å². The van der Waals surface area contributed by atoms with Crippen LogP contribution in [0.5, 0.6) is 0 Å². The van der Waals surface area contributed by atoms with E-state index in [1.54, 1.807) is 10.9 Å². The predicted molar refractivity (Wildman–Crippen MR) is 176 cm³/mol. The standard InChI is InChI=1S/C33H55ClN6O6/c1-9-11-18-45-31(42)28-29(32(43)46-19-12-10-2)39(38-36-28)17-15-13-14-16-20-44-30(41)26-22-40(37-35-26)27(33(6,7)8)21-23(3)24(4)25(5)34/h22-25,27H,9-21H2,1-8H3. The van der Waals surface area contributed by atoms with Crippen molar-refractivity contribution in [3.05, 3.63) is 23.3 Å². The molecule has 46 heavy (non-hydrogen) atoms. The highest BCUT2D eigenvalue weighted by molar-refractivity contribution is 6.20. The topological polar surface area (TPSA) is 140 Å². The Hall–Kier alpha value is -3.02. The quantitative estimate of drug-likeness (QED) is 0.0587. The number of hydrogen-bond acceptors (Lipinski definition) is 10. The van der Waals surface area contributed by atoms with Gasteiger partial charge in [-0.25, -0.2) is 23.7 Å². The molecule has 2 heterocycles. The molecule has 0 radical (unpaired) electrons. The summed E-state index contributed by atoms with van der Waals surface area (Å²) in [5.74, 6) is -1.11. The zero-order valence-electron chi connectivity index (χ0n) is 29.1. The van der Waals surface area contributed by atoms with Crippen molar-refractivity contribution in [3.63, 3.8) is 0 Å². The van der Waals surface area contributed by atoms with Gasteiger partial charge in [0.05, 0.1) is 32.1 Å². The first-order valence-corrected chi connectivity index (χ1v) is 17.3. The lowest BCUT2D eigenvalue weighted by atomic mass is 9.78. The van der Waals surface area contributed by atoms with E-state index in [1.807, 2.05) is 20.8 Å². The number of nitrogens with zero attached hydrogens (tertiary/aromatic N) is 6. The normalized spacial score (nSPS) is 14.4. The van der Waals surface area contributed by atoms with Crippen molar-refractivity contribution < 1.29 is 28.6 Å². The minimum atomic E-state index is -0.678. The Morgan fingerprint density at radius 1 is 0.804 bits per heavy atom. The van der Waals surface area contributed by atoms with Crippen LogP contribution < -0.4 is 0 Å². The Labute approximate surface area is 279 Å². The monoisotopic (exact) mass is 666 g/mol. The number of halogens is 1. The second kappa shape index (κ2) is 19.6. The SMILES string of the molecule is CCCCOC(=O)c1nnn(CCCCCCOC(=O)c2cn(C(CC(C)C(C)C(C)Cl)C(C)(C)C)nn2)c1C(=O)OCCCC. The molecule has 0 saturated heterocycles. The highest BCUT2D eigenvalue weighted by atomic mass is 35.5. The molecular formula is C33H55ClN6O6. The zero-order chi connectivity index (χ0) is 34.3. The van der Waals surface area contributed by atoms with E-state index in [0.29, 0.717) is 31.2 Å². The molecule has 2 aromatic rings. The molecular weight excluding hydrogens is 612 g/mol. The van der Waals surface area contributed by atoms with Crippen molar-refractivity contribution in [2.75, 3.05) is 19.8 Å². The Morgan fingerprint density at radius 2 is 1.39 bits per heavy atom. The Bertz CT molecular complexity index is 1220. The third-order valence-corrected chi connectivity index (χ3v) is 8.73. The third-order valence-electron chi connectivity index (χ3n) is 8.34. The smallest absolute Gasteiger partial charge is 0.361 e. The van der Waals surface area contributed by atoms with Crippen LogP contribution in [0.15, 0.2) is 6.20 Å². The zero-order valence-corrected chi connectivity index (χ0v) is 29.8. The van der Waals surface area contributed by atoms with Crippen molar-refractivity contribution in [2.45, 2.75) is 131 Å². The van der Waals surface area contributed by atoms with Gasteiger partial charge >= 0.3 is 17.9 Å². The van der Waals surface area contributed by atoms with Crippen LogP contribution in [0.1, 0.15) is 151 Å². The van der Waals surface area contributed by atoms with Crippen LogP contribution in [0.3, 0.4) is 0 Å². The maximum absolute atomic E-state index is 12.8. The molecule has 260 valence electrons. The van der Waals surface area contributed by atoms with Crippen molar-refractivity contribution >= 4 is 29.5 Å². The summed E-state index contributed by atoms with van der Waals surface area (Å²) in [5.41, 5.74) is -0.00966. The first kappa shape index (κ1) is 39.2. The molecule has 0 amide bonds. The van der Waals surface area contributed by atoms with E-state index in [4.69, 9.17) is 25.8 Å². The van der Waals surface area contributed by atoms with Gasteiger partial charge in [0, 0.05) is 11.9 Å². The number of alkyl halides is 1. The lowest BCUT2D eigenvalue weighted by molar-refractivity contribution is 0.0440. The molecule has 2 rings (SSSR count).